The number of rotatable bonds is 3. The molecule has 0 aliphatic carbocycles. The number of aromatic nitrogens is 2. The maximum absolute atomic E-state index is 4.18. The third-order valence-electron chi connectivity index (χ3n) is 1.20. The van der Waals surface area contributed by atoms with E-state index in [2.05, 4.69) is 16.9 Å². The van der Waals surface area contributed by atoms with Crippen molar-refractivity contribution < 1.29 is 0 Å². The Hall–Kier alpha value is -0.440. The van der Waals surface area contributed by atoms with Crippen LogP contribution in [0.2, 0.25) is 0 Å². The highest BCUT2D eigenvalue weighted by atomic mass is 32.2. The van der Waals surface area contributed by atoms with Crippen LogP contribution in [-0.4, -0.2) is 15.7 Å². The van der Waals surface area contributed by atoms with Crippen LogP contribution in [0.25, 0.3) is 0 Å². The van der Waals surface area contributed by atoms with Crippen LogP contribution >= 0.6 is 11.8 Å². The molecule has 3 heteroatoms. The van der Waals surface area contributed by atoms with Gasteiger partial charge in [-0.1, -0.05) is 6.92 Å². The van der Waals surface area contributed by atoms with Crippen molar-refractivity contribution in [2.45, 2.75) is 19.6 Å². The average molecular weight is 156 g/mol. The Morgan fingerprint density at radius 1 is 1.70 bits per heavy atom. The fourth-order valence-electron chi connectivity index (χ4n) is 0.739. The molecule has 1 aromatic rings. The van der Waals surface area contributed by atoms with Crippen LogP contribution in [-0.2, 0) is 5.75 Å². The minimum atomic E-state index is 1.00. The number of H-pyrrole nitrogens is 1. The third kappa shape index (κ3) is 2.06. The van der Waals surface area contributed by atoms with Crippen molar-refractivity contribution in [3.8, 4) is 0 Å². The zero-order valence-corrected chi connectivity index (χ0v) is 7.16. The molecule has 0 radical (unpaired) electrons. The summed E-state index contributed by atoms with van der Waals surface area (Å²) in [5.41, 5.74) is 1.15. The first kappa shape index (κ1) is 7.66. The zero-order chi connectivity index (χ0) is 7.40. The van der Waals surface area contributed by atoms with Crippen molar-refractivity contribution in [2.24, 2.45) is 0 Å². The Bertz CT molecular complexity index is 195. The highest BCUT2D eigenvalue weighted by Gasteiger charge is 1.94. The summed E-state index contributed by atoms with van der Waals surface area (Å²) in [5.74, 6) is 3.24. The lowest BCUT2D eigenvalue weighted by atomic mass is 10.6. The van der Waals surface area contributed by atoms with Crippen LogP contribution in [0.15, 0.2) is 6.20 Å². The molecule has 1 heterocycles. The first-order valence-corrected chi connectivity index (χ1v) is 4.56. The molecule has 0 aliphatic rings. The number of nitrogens with zero attached hydrogens (tertiary/aromatic N) is 1. The van der Waals surface area contributed by atoms with Crippen LogP contribution in [0, 0.1) is 6.92 Å². The van der Waals surface area contributed by atoms with Crippen molar-refractivity contribution in [3.63, 3.8) is 0 Å². The van der Waals surface area contributed by atoms with E-state index in [4.69, 9.17) is 0 Å². The van der Waals surface area contributed by atoms with Gasteiger partial charge in [0.25, 0.3) is 0 Å². The van der Waals surface area contributed by atoms with E-state index in [0.29, 0.717) is 0 Å². The standard InChI is InChI=1S/C7H12N2S/c1-3-10-5-7-8-4-6(2)9-7/h4H,3,5H2,1-2H3,(H,8,9). The molecule has 0 fully saturated rings. The predicted octanol–water partition coefficient (Wildman–Crippen LogP) is 1.97. The monoisotopic (exact) mass is 156 g/mol. The number of hydrogen-bond acceptors (Lipinski definition) is 2. The van der Waals surface area contributed by atoms with E-state index >= 15 is 0 Å². The predicted molar refractivity (Wildman–Crippen MR) is 45.2 cm³/mol. The number of hydrogen-bond donors (Lipinski definition) is 1. The summed E-state index contributed by atoms with van der Waals surface area (Å²) in [6, 6.07) is 0. The van der Waals surface area contributed by atoms with E-state index in [9.17, 15) is 0 Å². The molecule has 2 nitrogen and oxygen atoms in total. The molecule has 1 aromatic heterocycles. The Morgan fingerprint density at radius 3 is 3.00 bits per heavy atom. The van der Waals surface area contributed by atoms with Crippen molar-refractivity contribution in [3.05, 3.63) is 17.7 Å². The van der Waals surface area contributed by atoms with E-state index in [1.807, 2.05) is 24.9 Å². The van der Waals surface area contributed by atoms with Crippen molar-refractivity contribution in [2.75, 3.05) is 5.75 Å². The number of thioether (sulfide) groups is 1. The summed E-state index contributed by atoms with van der Waals surface area (Å²) in [6.07, 6.45) is 1.87. The highest BCUT2D eigenvalue weighted by Crippen LogP contribution is 2.07. The van der Waals surface area contributed by atoms with Gasteiger partial charge in [-0.2, -0.15) is 11.8 Å². The molecule has 0 aromatic carbocycles. The maximum Gasteiger partial charge on any atom is 0.116 e. The fourth-order valence-corrected chi connectivity index (χ4v) is 1.28. The maximum atomic E-state index is 4.18. The first-order chi connectivity index (χ1) is 4.83. The third-order valence-corrected chi connectivity index (χ3v) is 2.08. The zero-order valence-electron chi connectivity index (χ0n) is 6.35. The van der Waals surface area contributed by atoms with Gasteiger partial charge in [-0.3, -0.25) is 0 Å². The van der Waals surface area contributed by atoms with Crippen LogP contribution in [0.1, 0.15) is 18.4 Å². The molecule has 0 atom stereocenters. The van der Waals surface area contributed by atoms with Gasteiger partial charge in [0.15, 0.2) is 0 Å². The van der Waals surface area contributed by atoms with E-state index in [0.717, 1.165) is 23.0 Å². The molecule has 10 heavy (non-hydrogen) atoms. The van der Waals surface area contributed by atoms with Crippen LogP contribution in [0.3, 0.4) is 0 Å². The van der Waals surface area contributed by atoms with Gasteiger partial charge in [-0.15, -0.1) is 0 Å². The van der Waals surface area contributed by atoms with Gasteiger partial charge in [0.2, 0.25) is 0 Å². The smallest absolute Gasteiger partial charge is 0.116 e. The molecule has 56 valence electrons. The van der Waals surface area contributed by atoms with E-state index in [-0.39, 0.29) is 0 Å². The van der Waals surface area contributed by atoms with Crippen LogP contribution in [0.4, 0.5) is 0 Å². The van der Waals surface area contributed by atoms with Gasteiger partial charge < -0.3 is 4.98 Å². The molecule has 0 saturated carbocycles. The normalized spacial score (nSPS) is 10.2. The van der Waals surface area contributed by atoms with Gasteiger partial charge in [0, 0.05) is 11.9 Å². The quantitative estimate of drug-likeness (QED) is 0.724. The highest BCUT2D eigenvalue weighted by molar-refractivity contribution is 7.98. The van der Waals surface area contributed by atoms with Crippen LogP contribution < -0.4 is 0 Å². The fraction of sp³-hybridized carbons (Fsp3) is 0.571. The Labute approximate surface area is 65.4 Å². The topological polar surface area (TPSA) is 28.7 Å². The lowest BCUT2D eigenvalue weighted by Gasteiger charge is -1.91. The minimum Gasteiger partial charge on any atom is -0.345 e. The molecule has 0 bridgehead atoms. The molecular weight excluding hydrogens is 144 g/mol. The molecule has 0 spiro atoms. The Morgan fingerprint density at radius 2 is 2.50 bits per heavy atom. The van der Waals surface area contributed by atoms with Crippen LogP contribution in [0.5, 0.6) is 0 Å². The van der Waals surface area contributed by atoms with Gasteiger partial charge >= 0.3 is 0 Å². The summed E-state index contributed by atoms with van der Waals surface area (Å²) >= 11 is 1.88. The molecule has 0 aliphatic heterocycles. The van der Waals surface area contributed by atoms with E-state index in [1.54, 1.807) is 0 Å². The lowest BCUT2D eigenvalue weighted by Crippen LogP contribution is -1.83. The number of aromatic amines is 1. The first-order valence-electron chi connectivity index (χ1n) is 3.41. The minimum absolute atomic E-state index is 1.00. The largest absolute Gasteiger partial charge is 0.345 e. The molecule has 0 amide bonds. The summed E-state index contributed by atoms with van der Waals surface area (Å²) in [4.78, 5) is 7.36. The second kappa shape index (κ2) is 3.66. The SMILES string of the molecule is CCSCc1ncc(C)[nH]1. The van der Waals surface area contributed by atoms with E-state index < -0.39 is 0 Å². The summed E-state index contributed by atoms with van der Waals surface area (Å²) < 4.78 is 0. The van der Waals surface area contributed by atoms with E-state index in [1.165, 1.54) is 0 Å². The van der Waals surface area contributed by atoms with Gasteiger partial charge in [-0.05, 0) is 12.7 Å². The summed E-state index contributed by atoms with van der Waals surface area (Å²) in [6.45, 7) is 4.17. The molecular formula is C7H12N2S. The molecule has 0 unspecified atom stereocenters. The summed E-state index contributed by atoms with van der Waals surface area (Å²) in [7, 11) is 0. The molecule has 1 N–H and O–H groups in total. The Kier molecular flexibility index (Phi) is 2.81. The number of aryl methyl sites for hydroxylation is 1. The number of nitrogens with one attached hydrogen (secondary N) is 1. The van der Waals surface area contributed by atoms with Gasteiger partial charge in [-0.25, -0.2) is 4.98 Å². The Balaban J connectivity index is 2.42. The van der Waals surface area contributed by atoms with Crippen molar-refractivity contribution >= 4 is 11.8 Å². The number of imidazole rings is 1. The van der Waals surface area contributed by atoms with Crippen molar-refractivity contribution in [1.82, 2.24) is 9.97 Å². The summed E-state index contributed by atoms with van der Waals surface area (Å²) in [5, 5.41) is 0. The lowest BCUT2D eigenvalue weighted by molar-refractivity contribution is 1.10. The van der Waals surface area contributed by atoms with Gasteiger partial charge in [0.05, 0.1) is 5.75 Å². The molecule has 0 saturated heterocycles. The molecule has 1 rings (SSSR count). The second-order valence-corrected chi connectivity index (χ2v) is 3.42. The van der Waals surface area contributed by atoms with Gasteiger partial charge in [0.1, 0.15) is 5.82 Å². The average Bonchev–Trinajstić information content (AvgIpc) is 2.31. The second-order valence-electron chi connectivity index (χ2n) is 2.15. The van der Waals surface area contributed by atoms with Crippen molar-refractivity contribution in [1.29, 1.82) is 0 Å².